The Morgan fingerprint density at radius 1 is 1.07 bits per heavy atom. The van der Waals surface area contributed by atoms with Crippen LogP contribution in [0.15, 0.2) is 47.6 Å². The molecule has 0 aromatic heterocycles. The number of amides is 2. The third-order valence-corrected chi connectivity index (χ3v) is 5.05. The number of carbonyl (C=O) groups is 1. The summed E-state index contributed by atoms with van der Waals surface area (Å²) in [7, 11) is 0. The second-order valence-electron chi connectivity index (χ2n) is 6.88. The molecule has 28 heavy (non-hydrogen) atoms. The number of halogens is 3. The highest BCUT2D eigenvalue weighted by molar-refractivity contribution is 5.79. The van der Waals surface area contributed by atoms with E-state index in [9.17, 15) is 18.0 Å². The SMILES string of the molecule is C[C@H]1[C@@H](Oc2ccc(F)cc2)CN1C(=O)N1N=CC[C@H]1c1cc(F)cc(F)c1. The first-order valence-electron chi connectivity index (χ1n) is 8.93. The lowest BCUT2D eigenvalue weighted by atomic mass is 10.0. The van der Waals surface area contributed by atoms with Crippen LogP contribution in [-0.4, -0.2) is 40.8 Å². The van der Waals surface area contributed by atoms with Gasteiger partial charge in [-0.05, 0) is 48.9 Å². The molecule has 0 radical (unpaired) electrons. The molecule has 1 saturated heterocycles. The van der Waals surface area contributed by atoms with Gasteiger partial charge in [-0.3, -0.25) is 0 Å². The van der Waals surface area contributed by atoms with Gasteiger partial charge in [0.1, 0.15) is 29.3 Å². The number of ether oxygens (including phenoxy) is 1. The van der Waals surface area contributed by atoms with Gasteiger partial charge in [-0.25, -0.2) is 23.0 Å². The predicted molar refractivity (Wildman–Crippen MR) is 96.4 cm³/mol. The number of carbonyl (C=O) groups excluding carboxylic acids is 1. The lowest BCUT2D eigenvalue weighted by Gasteiger charge is -2.46. The predicted octanol–water partition coefficient (Wildman–Crippen LogP) is 4.11. The molecule has 1 fully saturated rings. The molecule has 2 amide bonds. The van der Waals surface area contributed by atoms with Crippen molar-refractivity contribution in [1.82, 2.24) is 9.91 Å². The fraction of sp³-hybridized carbons (Fsp3) is 0.300. The van der Waals surface area contributed by atoms with Crippen molar-refractivity contribution < 1.29 is 22.7 Å². The molecular formula is C20H18F3N3O2. The van der Waals surface area contributed by atoms with Gasteiger partial charge >= 0.3 is 6.03 Å². The molecule has 0 bridgehead atoms. The molecule has 2 aliphatic rings. The highest BCUT2D eigenvalue weighted by Crippen LogP contribution is 2.33. The number of hydrogen-bond acceptors (Lipinski definition) is 3. The minimum absolute atomic E-state index is 0.224. The van der Waals surface area contributed by atoms with E-state index < -0.39 is 17.7 Å². The van der Waals surface area contributed by atoms with Crippen molar-refractivity contribution >= 4 is 12.2 Å². The minimum Gasteiger partial charge on any atom is -0.486 e. The number of benzene rings is 2. The molecular weight excluding hydrogens is 371 g/mol. The van der Waals surface area contributed by atoms with Gasteiger partial charge < -0.3 is 9.64 Å². The van der Waals surface area contributed by atoms with Crippen LogP contribution in [0.25, 0.3) is 0 Å². The molecule has 3 atom stereocenters. The van der Waals surface area contributed by atoms with Crippen molar-refractivity contribution in [2.45, 2.75) is 31.5 Å². The third-order valence-electron chi connectivity index (χ3n) is 5.05. The summed E-state index contributed by atoms with van der Waals surface area (Å²) in [5.41, 5.74) is 0.357. The molecule has 2 aliphatic heterocycles. The molecule has 2 aromatic carbocycles. The number of hydrazone groups is 1. The van der Waals surface area contributed by atoms with Crippen LogP contribution in [0.5, 0.6) is 5.75 Å². The maximum atomic E-state index is 13.6. The summed E-state index contributed by atoms with van der Waals surface area (Å²) in [6.45, 7) is 2.18. The molecule has 2 heterocycles. The summed E-state index contributed by atoms with van der Waals surface area (Å²) in [5.74, 6) is -1.21. The summed E-state index contributed by atoms with van der Waals surface area (Å²) in [4.78, 5) is 14.5. The Balaban J connectivity index is 1.43. The molecule has 0 spiro atoms. The molecule has 0 saturated carbocycles. The zero-order chi connectivity index (χ0) is 19.8. The first-order chi connectivity index (χ1) is 13.4. The van der Waals surface area contributed by atoms with Gasteiger partial charge in [-0.1, -0.05) is 0 Å². The van der Waals surface area contributed by atoms with Crippen LogP contribution >= 0.6 is 0 Å². The van der Waals surface area contributed by atoms with E-state index in [1.54, 1.807) is 11.1 Å². The van der Waals surface area contributed by atoms with Crippen LogP contribution in [0.2, 0.25) is 0 Å². The third kappa shape index (κ3) is 3.42. The molecule has 0 aliphatic carbocycles. The maximum absolute atomic E-state index is 13.6. The average molecular weight is 389 g/mol. The van der Waals surface area contributed by atoms with E-state index in [0.29, 0.717) is 24.3 Å². The summed E-state index contributed by atoms with van der Waals surface area (Å²) in [5, 5.41) is 5.35. The van der Waals surface area contributed by atoms with Crippen LogP contribution in [0, 0.1) is 17.5 Å². The topological polar surface area (TPSA) is 45.1 Å². The van der Waals surface area contributed by atoms with Gasteiger partial charge in [-0.2, -0.15) is 5.10 Å². The van der Waals surface area contributed by atoms with Crippen molar-refractivity contribution in [3.8, 4) is 5.75 Å². The van der Waals surface area contributed by atoms with Crippen LogP contribution < -0.4 is 4.74 Å². The molecule has 8 heteroatoms. The van der Waals surface area contributed by atoms with Gasteiger partial charge in [-0.15, -0.1) is 0 Å². The Kier molecular flexibility index (Phi) is 4.70. The van der Waals surface area contributed by atoms with Gasteiger partial charge in [0.05, 0.1) is 18.6 Å². The highest BCUT2D eigenvalue weighted by Gasteiger charge is 2.44. The molecule has 5 nitrogen and oxygen atoms in total. The van der Waals surface area contributed by atoms with Gasteiger partial charge in [0.25, 0.3) is 0 Å². The Morgan fingerprint density at radius 3 is 2.39 bits per heavy atom. The largest absolute Gasteiger partial charge is 0.486 e. The van der Waals surface area contributed by atoms with Gasteiger partial charge in [0, 0.05) is 18.7 Å². The lowest BCUT2D eigenvalue weighted by Crippen LogP contribution is -2.64. The quantitative estimate of drug-likeness (QED) is 0.793. The second-order valence-corrected chi connectivity index (χ2v) is 6.88. The number of urea groups is 1. The normalized spacial score (nSPS) is 23.6. The van der Waals surface area contributed by atoms with Crippen LogP contribution in [0.1, 0.15) is 24.9 Å². The standard InChI is InChI=1S/C20H18F3N3O2/c1-12-19(28-17-4-2-14(21)3-5-17)11-25(12)20(27)26-18(6-7-24-26)13-8-15(22)10-16(23)9-13/h2-5,7-10,12,18-19H,6,11H2,1H3/t12-,18-,19-/m0/s1. The molecule has 146 valence electrons. The zero-order valence-electron chi connectivity index (χ0n) is 15.1. The fourth-order valence-electron chi connectivity index (χ4n) is 3.43. The van der Waals surface area contributed by atoms with Gasteiger partial charge in [0.15, 0.2) is 0 Å². The van der Waals surface area contributed by atoms with Gasteiger partial charge in [0.2, 0.25) is 0 Å². The summed E-state index contributed by atoms with van der Waals surface area (Å²) < 4.78 is 45.9. The van der Waals surface area contributed by atoms with E-state index in [4.69, 9.17) is 4.74 Å². The number of likely N-dealkylation sites (tertiary alicyclic amines) is 1. The molecule has 0 unspecified atom stereocenters. The highest BCUT2D eigenvalue weighted by atomic mass is 19.1. The maximum Gasteiger partial charge on any atom is 0.341 e. The van der Waals surface area contributed by atoms with Crippen molar-refractivity contribution in [1.29, 1.82) is 0 Å². The average Bonchev–Trinajstić information content (AvgIpc) is 3.14. The smallest absolute Gasteiger partial charge is 0.341 e. The van der Waals surface area contributed by atoms with Crippen LogP contribution in [0.4, 0.5) is 18.0 Å². The lowest BCUT2D eigenvalue weighted by molar-refractivity contribution is -0.0197. The first kappa shape index (κ1) is 18.3. The van der Waals surface area contributed by atoms with E-state index in [0.717, 1.165) is 6.07 Å². The summed E-state index contributed by atoms with van der Waals surface area (Å²) in [6, 6.07) is 7.77. The van der Waals surface area contributed by atoms with E-state index in [2.05, 4.69) is 5.10 Å². The van der Waals surface area contributed by atoms with E-state index >= 15 is 0 Å². The first-order valence-corrected chi connectivity index (χ1v) is 8.93. The molecule has 4 rings (SSSR count). The second kappa shape index (κ2) is 7.18. The van der Waals surface area contributed by atoms with Crippen LogP contribution in [-0.2, 0) is 0 Å². The molecule has 0 N–H and O–H groups in total. The number of hydrogen-bond donors (Lipinski definition) is 0. The van der Waals surface area contributed by atoms with E-state index in [1.165, 1.54) is 41.4 Å². The van der Waals surface area contributed by atoms with Crippen molar-refractivity contribution in [2.24, 2.45) is 5.10 Å². The van der Waals surface area contributed by atoms with Crippen LogP contribution in [0.3, 0.4) is 0 Å². The molecule has 2 aromatic rings. The number of rotatable bonds is 3. The summed E-state index contributed by atoms with van der Waals surface area (Å²) in [6.07, 6.45) is 1.71. The monoisotopic (exact) mass is 389 g/mol. The zero-order valence-corrected chi connectivity index (χ0v) is 15.1. The van der Waals surface area contributed by atoms with E-state index in [1.807, 2.05) is 6.92 Å². The van der Waals surface area contributed by atoms with E-state index in [-0.39, 0.29) is 24.0 Å². The Labute approximate surface area is 160 Å². The Hall–Kier alpha value is -3.03. The summed E-state index contributed by atoms with van der Waals surface area (Å²) >= 11 is 0. The Bertz CT molecular complexity index is 899. The Morgan fingerprint density at radius 2 is 1.75 bits per heavy atom. The minimum atomic E-state index is -0.695. The van der Waals surface area contributed by atoms with Crippen molar-refractivity contribution in [2.75, 3.05) is 6.54 Å². The fourth-order valence-corrected chi connectivity index (χ4v) is 3.43. The number of nitrogens with zero attached hydrogens (tertiary/aromatic N) is 3. The van der Waals surface area contributed by atoms with Crippen molar-refractivity contribution in [3.05, 3.63) is 65.5 Å². The van der Waals surface area contributed by atoms with Crippen molar-refractivity contribution in [3.63, 3.8) is 0 Å².